The Morgan fingerprint density at radius 2 is 1.94 bits per heavy atom. The molecule has 0 aromatic heterocycles. The van der Waals surface area contributed by atoms with Crippen molar-refractivity contribution >= 4 is 11.8 Å². The van der Waals surface area contributed by atoms with Crippen molar-refractivity contribution in [3.8, 4) is 0 Å². The lowest BCUT2D eigenvalue weighted by atomic mass is 10.0. The summed E-state index contributed by atoms with van der Waals surface area (Å²) in [4.78, 5) is 5.49. The smallest absolute Gasteiger partial charge is 0.0284 e. The number of hydrogen-bond donors (Lipinski definition) is 0. The molecule has 3 fully saturated rings. The molecule has 2 heterocycles. The minimum absolute atomic E-state index is 0.612. The lowest BCUT2D eigenvalue weighted by Crippen LogP contribution is -2.53. The Kier molecular flexibility index (Phi) is 3.69. The van der Waals surface area contributed by atoms with E-state index in [-0.39, 0.29) is 0 Å². The van der Waals surface area contributed by atoms with Gasteiger partial charge in [0.05, 0.1) is 0 Å². The molecule has 0 aromatic carbocycles. The number of piperazine rings is 1. The third-order valence-corrected chi connectivity index (χ3v) is 6.53. The molecule has 1 atom stereocenters. The molecular formula is C14H26N2S. The summed E-state index contributed by atoms with van der Waals surface area (Å²) in [6, 6.07) is 0.893. The Balaban J connectivity index is 1.58. The van der Waals surface area contributed by atoms with Gasteiger partial charge >= 0.3 is 0 Å². The normalized spacial score (nSPS) is 34.1. The number of nitrogens with zero attached hydrogens (tertiary/aromatic N) is 2. The van der Waals surface area contributed by atoms with E-state index in [1.54, 1.807) is 0 Å². The third-order valence-electron chi connectivity index (χ3n) is 5.13. The number of fused-ring (bicyclic) bond motifs is 1. The molecule has 3 aliphatic rings. The van der Waals surface area contributed by atoms with Gasteiger partial charge in [0, 0.05) is 37.0 Å². The van der Waals surface area contributed by atoms with Gasteiger partial charge in [-0.1, -0.05) is 12.8 Å². The van der Waals surface area contributed by atoms with E-state index in [4.69, 9.17) is 0 Å². The van der Waals surface area contributed by atoms with Gasteiger partial charge in [-0.25, -0.2) is 0 Å². The molecular weight excluding hydrogens is 228 g/mol. The molecule has 17 heavy (non-hydrogen) atoms. The number of rotatable bonds is 3. The summed E-state index contributed by atoms with van der Waals surface area (Å²) in [6.45, 7) is 6.72. The van der Waals surface area contributed by atoms with Gasteiger partial charge in [0.2, 0.25) is 0 Å². The van der Waals surface area contributed by atoms with Crippen molar-refractivity contribution in [2.24, 2.45) is 0 Å². The molecule has 0 spiro atoms. The van der Waals surface area contributed by atoms with Crippen LogP contribution in [0.4, 0.5) is 0 Å². The topological polar surface area (TPSA) is 6.48 Å². The summed E-state index contributed by atoms with van der Waals surface area (Å²) >= 11 is 2.14. The molecule has 0 aromatic rings. The summed E-state index contributed by atoms with van der Waals surface area (Å²) in [6.07, 6.45) is 11.1. The largest absolute Gasteiger partial charge is 0.299 e. The zero-order valence-electron chi connectivity index (χ0n) is 11.2. The quantitative estimate of drug-likeness (QED) is 0.764. The Bertz CT molecular complexity index is 263. The van der Waals surface area contributed by atoms with Crippen molar-refractivity contribution in [3.05, 3.63) is 0 Å². The van der Waals surface area contributed by atoms with Crippen LogP contribution in [0.1, 0.15) is 38.5 Å². The molecule has 3 rings (SSSR count). The second-order valence-electron chi connectivity index (χ2n) is 6.16. The predicted octanol–water partition coefficient (Wildman–Crippen LogP) is 2.44. The first kappa shape index (κ1) is 12.3. The van der Waals surface area contributed by atoms with Crippen LogP contribution < -0.4 is 0 Å². The average molecular weight is 254 g/mol. The van der Waals surface area contributed by atoms with E-state index in [1.807, 2.05) is 0 Å². The number of hydrogen-bond acceptors (Lipinski definition) is 3. The van der Waals surface area contributed by atoms with E-state index in [2.05, 4.69) is 27.8 Å². The molecule has 0 N–H and O–H groups in total. The molecule has 1 saturated carbocycles. The van der Waals surface area contributed by atoms with E-state index in [9.17, 15) is 0 Å². The third kappa shape index (κ3) is 2.52. The first-order valence-electron chi connectivity index (χ1n) is 7.33. The first-order chi connectivity index (χ1) is 8.31. The highest BCUT2D eigenvalue weighted by Gasteiger charge is 2.37. The van der Waals surface area contributed by atoms with Crippen molar-refractivity contribution in [1.29, 1.82) is 0 Å². The molecule has 2 saturated heterocycles. The van der Waals surface area contributed by atoms with Gasteiger partial charge in [-0.05, 0) is 38.5 Å². The van der Waals surface area contributed by atoms with E-state index < -0.39 is 0 Å². The van der Waals surface area contributed by atoms with Crippen LogP contribution in [-0.4, -0.2) is 59.6 Å². The molecule has 98 valence electrons. The lowest BCUT2D eigenvalue weighted by molar-refractivity contribution is 0.0968. The zero-order valence-corrected chi connectivity index (χ0v) is 12.0. The molecule has 1 aliphatic carbocycles. The SMILES string of the molecule is CSC1(CN2CCN3CCCC3C2)CCCC1. The summed E-state index contributed by atoms with van der Waals surface area (Å²) in [5, 5.41) is 0. The monoisotopic (exact) mass is 254 g/mol. The maximum atomic E-state index is 2.77. The molecule has 0 amide bonds. The second-order valence-corrected chi connectivity index (χ2v) is 7.44. The van der Waals surface area contributed by atoms with Crippen molar-refractivity contribution in [3.63, 3.8) is 0 Å². The van der Waals surface area contributed by atoms with Crippen LogP contribution in [0.15, 0.2) is 0 Å². The van der Waals surface area contributed by atoms with Crippen LogP contribution in [0, 0.1) is 0 Å². The van der Waals surface area contributed by atoms with Crippen LogP contribution in [0.5, 0.6) is 0 Å². The van der Waals surface area contributed by atoms with Gasteiger partial charge in [-0.15, -0.1) is 0 Å². The zero-order chi connectivity index (χ0) is 11.7. The second kappa shape index (κ2) is 5.10. The van der Waals surface area contributed by atoms with Gasteiger partial charge in [0.15, 0.2) is 0 Å². The Hall–Kier alpha value is 0.270. The fraction of sp³-hybridized carbons (Fsp3) is 1.00. The Morgan fingerprint density at radius 3 is 2.71 bits per heavy atom. The van der Waals surface area contributed by atoms with E-state index in [0.717, 1.165) is 6.04 Å². The van der Waals surface area contributed by atoms with Gasteiger partial charge in [0.1, 0.15) is 0 Å². The highest BCUT2D eigenvalue weighted by atomic mass is 32.2. The fourth-order valence-electron chi connectivity index (χ4n) is 4.05. The van der Waals surface area contributed by atoms with Gasteiger partial charge < -0.3 is 0 Å². The van der Waals surface area contributed by atoms with Crippen molar-refractivity contribution in [2.75, 3.05) is 39.0 Å². The van der Waals surface area contributed by atoms with Crippen LogP contribution in [0.3, 0.4) is 0 Å². The van der Waals surface area contributed by atoms with Gasteiger partial charge in [-0.2, -0.15) is 11.8 Å². The molecule has 1 unspecified atom stereocenters. The van der Waals surface area contributed by atoms with Crippen LogP contribution >= 0.6 is 11.8 Å². The van der Waals surface area contributed by atoms with Crippen LogP contribution in [0.25, 0.3) is 0 Å². The van der Waals surface area contributed by atoms with Crippen molar-refractivity contribution in [2.45, 2.75) is 49.3 Å². The highest BCUT2D eigenvalue weighted by Crippen LogP contribution is 2.41. The Labute approximate surface area is 110 Å². The fourth-order valence-corrected chi connectivity index (χ4v) is 5.06. The maximum absolute atomic E-state index is 2.77. The Morgan fingerprint density at radius 1 is 1.12 bits per heavy atom. The molecule has 0 bridgehead atoms. The van der Waals surface area contributed by atoms with E-state index in [0.29, 0.717) is 4.75 Å². The molecule has 0 radical (unpaired) electrons. The first-order valence-corrected chi connectivity index (χ1v) is 8.55. The van der Waals surface area contributed by atoms with Crippen LogP contribution in [0.2, 0.25) is 0 Å². The van der Waals surface area contributed by atoms with Crippen LogP contribution in [-0.2, 0) is 0 Å². The van der Waals surface area contributed by atoms with Crippen molar-refractivity contribution in [1.82, 2.24) is 9.80 Å². The summed E-state index contributed by atoms with van der Waals surface area (Å²) < 4.78 is 0.612. The predicted molar refractivity (Wildman–Crippen MR) is 75.7 cm³/mol. The van der Waals surface area contributed by atoms with Gasteiger partial charge in [-0.3, -0.25) is 9.80 Å². The summed E-state index contributed by atoms with van der Waals surface area (Å²) in [5.41, 5.74) is 0. The average Bonchev–Trinajstić information content (AvgIpc) is 2.97. The maximum Gasteiger partial charge on any atom is 0.0284 e. The van der Waals surface area contributed by atoms with E-state index in [1.165, 1.54) is 71.2 Å². The summed E-state index contributed by atoms with van der Waals surface area (Å²) in [5.74, 6) is 0. The van der Waals surface area contributed by atoms with E-state index >= 15 is 0 Å². The standard InChI is InChI=1S/C14H26N2S/c1-17-14(6-2-3-7-14)12-15-9-10-16-8-4-5-13(16)11-15/h13H,2-12H2,1H3. The summed E-state index contributed by atoms with van der Waals surface area (Å²) in [7, 11) is 0. The molecule has 2 nitrogen and oxygen atoms in total. The highest BCUT2D eigenvalue weighted by molar-refractivity contribution is 8.00. The minimum Gasteiger partial charge on any atom is -0.299 e. The molecule has 2 aliphatic heterocycles. The molecule has 3 heteroatoms. The van der Waals surface area contributed by atoms with Gasteiger partial charge in [0.25, 0.3) is 0 Å². The minimum atomic E-state index is 0.612. The number of thioether (sulfide) groups is 1. The lowest BCUT2D eigenvalue weighted by Gasteiger charge is -2.41. The van der Waals surface area contributed by atoms with Crippen molar-refractivity contribution < 1.29 is 0 Å².